The predicted octanol–water partition coefficient (Wildman–Crippen LogP) is 2.57. The molecule has 0 saturated carbocycles. The van der Waals surface area contributed by atoms with Gasteiger partial charge in [-0.15, -0.1) is 0 Å². The Hall–Kier alpha value is -1.29. The molecular formula is C11H10BrNO2. The van der Waals surface area contributed by atoms with E-state index in [9.17, 15) is 4.79 Å². The van der Waals surface area contributed by atoms with Crippen LogP contribution in [0, 0.1) is 0 Å². The van der Waals surface area contributed by atoms with Crippen LogP contribution in [-0.4, -0.2) is 15.6 Å². The SMILES string of the molecule is Cn1cc(CC(=O)O)c2c(Br)cccc21. The van der Waals surface area contributed by atoms with Gasteiger partial charge in [0.2, 0.25) is 0 Å². The first-order valence-corrected chi connectivity index (χ1v) is 5.33. The molecule has 0 spiro atoms. The van der Waals surface area contributed by atoms with E-state index in [-0.39, 0.29) is 6.42 Å². The van der Waals surface area contributed by atoms with Crippen LogP contribution in [0.4, 0.5) is 0 Å². The van der Waals surface area contributed by atoms with Gasteiger partial charge < -0.3 is 9.67 Å². The lowest BCUT2D eigenvalue weighted by Crippen LogP contribution is -1.99. The third-order valence-corrected chi connectivity index (χ3v) is 3.04. The Balaban J connectivity index is 2.70. The quantitative estimate of drug-likeness (QED) is 0.909. The first-order valence-electron chi connectivity index (χ1n) is 4.54. The van der Waals surface area contributed by atoms with E-state index in [4.69, 9.17) is 5.11 Å². The van der Waals surface area contributed by atoms with E-state index < -0.39 is 5.97 Å². The molecular weight excluding hydrogens is 258 g/mol. The zero-order chi connectivity index (χ0) is 11.0. The molecule has 3 nitrogen and oxygen atoms in total. The summed E-state index contributed by atoms with van der Waals surface area (Å²) >= 11 is 3.44. The van der Waals surface area contributed by atoms with Gasteiger partial charge in [-0.3, -0.25) is 4.79 Å². The minimum atomic E-state index is -0.807. The number of halogens is 1. The van der Waals surface area contributed by atoms with Crippen LogP contribution in [0.1, 0.15) is 5.56 Å². The van der Waals surface area contributed by atoms with Crippen molar-refractivity contribution < 1.29 is 9.90 Å². The summed E-state index contributed by atoms with van der Waals surface area (Å²) in [6, 6.07) is 5.84. The van der Waals surface area contributed by atoms with Crippen LogP contribution in [0.3, 0.4) is 0 Å². The maximum absolute atomic E-state index is 10.7. The lowest BCUT2D eigenvalue weighted by atomic mass is 10.1. The summed E-state index contributed by atoms with van der Waals surface area (Å²) in [7, 11) is 1.92. The number of hydrogen-bond donors (Lipinski definition) is 1. The highest BCUT2D eigenvalue weighted by atomic mass is 79.9. The maximum Gasteiger partial charge on any atom is 0.307 e. The number of rotatable bonds is 2. The number of nitrogens with zero attached hydrogens (tertiary/aromatic N) is 1. The molecule has 0 atom stereocenters. The molecule has 0 aliphatic carbocycles. The first-order chi connectivity index (χ1) is 7.09. The minimum absolute atomic E-state index is 0.0555. The predicted molar refractivity (Wildman–Crippen MR) is 62.0 cm³/mol. The molecule has 0 bridgehead atoms. The number of aryl methyl sites for hydroxylation is 1. The lowest BCUT2D eigenvalue weighted by Gasteiger charge is -1.98. The summed E-state index contributed by atoms with van der Waals surface area (Å²) in [5.41, 5.74) is 1.88. The molecule has 0 saturated heterocycles. The van der Waals surface area contributed by atoms with Crippen molar-refractivity contribution in [2.45, 2.75) is 6.42 Å². The number of carboxylic acids is 1. The molecule has 0 amide bonds. The van der Waals surface area contributed by atoms with E-state index in [0.29, 0.717) is 0 Å². The molecule has 0 unspecified atom stereocenters. The number of aromatic nitrogens is 1. The smallest absolute Gasteiger partial charge is 0.307 e. The van der Waals surface area contributed by atoms with Crippen molar-refractivity contribution in [3.8, 4) is 0 Å². The Morgan fingerprint density at radius 1 is 1.53 bits per heavy atom. The van der Waals surface area contributed by atoms with Gasteiger partial charge in [0.1, 0.15) is 0 Å². The van der Waals surface area contributed by atoms with E-state index in [1.165, 1.54) is 0 Å². The number of carbonyl (C=O) groups is 1. The number of aliphatic carboxylic acids is 1. The lowest BCUT2D eigenvalue weighted by molar-refractivity contribution is -0.136. The Kier molecular flexibility index (Phi) is 2.52. The van der Waals surface area contributed by atoms with Crippen molar-refractivity contribution in [3.05, 3.63) is 34.4 Å². The number of benzene rings is 1. The van der Waals surface area contributed by atoms with Crippen molar-refractivity contribution in [1.82, 2.24) is 4.57 Å². The van der Waals surface area contributed by atoms with Crippen LogP contribution in [0.5, 0.6) is 0 Å². The molecule has 0 aliphatic heterocycles. The molecule has 78 valence electrons. The summed E-state index contributed by atoms with van der Waals surface area (Å²) in [5.74, 6) is -0.807. The second kappa shape index (κ2) is 3.70. The van der Waals surface area contributed by atoms with Crippen LogP contribution in [0.2, 0.25) is 0 Å². The molecule has 4 heteroatoms. The fourth-order valence-corrected chi connectivity index (χ4v) is 2.40. The Bertz CT molecular complexity index is 531. The topological polar surface area (TPSA) is 42.2 Å². The zero-order valence-corrected chi connectivity index (χ0v) is 9.78. The fourth-order valence-electron chi connectivity index (χ4n) is 1.79. The summed E-state index contributed by atoms with van der Waals surface area (Å²) in [4.78, 5) is 10.7. The van der Waals surface area contributed by atoms with Gasteiger partial charge in [0, 0.05) is 28.6 Å². The molecule has 15 heavy (non-hydrogen) atoms. The van der Waals surface area contributed by atoms with E-state index in [1.807, 2.05) is 36.0 Å². The molecule has 1 heterocycles. The van der Waals surface area contributed by atoms with Gasteiger partial charge >= 0.3 is 5.97 Å². The highest BCUT2D eigenvalue weighted by Crippen LogP contribution is 2.28. The van der Waals surface area contributed by atoms with Crippen molar-refractivity contribution >= 4 is 32.8 Å². The third-order valence-electron chi connectivity index (χ3n) is 2.38. The molecule has 0 radical (unpaired) electrons. The van der Waals surface area contributed by atoms with E-state index in [2.05, 4.69) is 15.9 Å². The number of hydrogen-bond acceptors (Lipinski definition) is 1. The minimum Gasteiger partial charge on any atom is -0.481 e. The van der Waals surface area contributed by atoms with Gasteiger partial charge in [0.15, 0.2) is 0 Å². The van der Waals surface area contributed by atoms with Crippen molar-refractivity contribution in [2.75, 3.05) is 0 Å². The maximum atomic E-state index is 10.7. The first kappa shape index (κ1) is 10.2. The number of carboxylic acid groups (broad SMARTS) is 1. The fraction of sp³-hybridized carbons (Fsp3) is 0.182. The average molecular weight is 268 g/mol. The van der Waals surface area contributed by atoms with Gasteiger partial charge in [-0.2, -0.15) is 0 Å². The van der Waals surface area contributed by atoms with Gasteiger partial charge in [0.05, 0.1) is 6.42 Å². The van der Waals surface area contributed by atoms with E-state index in [0.717, 1.165) is 20.9 Å². The molecule has 2 aromatic rings. The molecule has 1 aromatic carbocycles. The summed E-state index contributed by atoms with van der Waals surface area (Å²) in [5, 5.41) is 9.79. The van der Waals surface area contributed by atoms with Crippen LogP contribution in [-0.2, 0) is 18.3 Å². The Morgan fingerprint density at radius 2 is 2.27 bits per heavy atom. The largest absolute Gasteiger partial charge is 0.481 e. The zero-order valence-electron chi connectivity index (χ0n) is 8.20. The van der Waals surface area contributed by atoms with Crippen molar-refractivity contribution in [1.29, 1.82) is 0 Å². The van der Waals surface area contributed by atoms with E-state index >= 15 is 0 Å². The molecule has 2 rings (SSSR count). The summed E-state index contributed by atoms with van der Waals surface area (Å²) in [6.45, 7) is 0. The van der Waals surface area contributed by atoms with Gasteiger partial charge in [-0.25, -0.2) is 0 Å². The van der Waals surface area contributed by atoms with Crippen molar-refractivity contribution in [3.63, 3.8) is 0 Å². The normalized spacial score (nSPS) is 10.8. The Labute approximate surface area is 95.5 Å². The van der Waals surface area contributed by atoms with Crippen molar-refractivity contribution in [2.24, 2.45) is 7.05 Å². The molecule has 0 aliphatic rings. The van der Waals surface area contributed by atoms with Crippen LogP contribution in [0.15, 0.2) is 28.9 Å². The second-order valence-electron chi connectivity index (χ2n) is 3.47. The van der Waals surface area contributed by atoms with Crippen LogP contribution in [0.25, 0.3) is 10.9 Å². The van der Waals surface area contributed by atoms with E-state index in [1.54, 1.807) is 0 Å². The molecule has 1 aromatic heterocycles. The molecule has 0 fully saturated rings. The monoisotopic (exact) mass is 267 g/mol. The van der Waals surface area contributed by atoms with Gasteiger partial charge in [-0.05, 0) is 17.7 Å². The third kappa shape index (κ3) is 1.77. The second-order valence-corrected chi connectivity index (χ2v) is 4.32. The summed E-state index contributed by atoms with van der Waals surface area (Å²) < 4.78 is 2.88. The number of fused-ring (bicyclic) bond motifs is 1. The molecule has 1 N–H and O–H groups in total. The van der Waals surface area contributed by atoms with Gasteiger partial charge in [-0.1, -0.05) is 22.0 Å². The standard InChI is InChI=1S/C11H10BrNO2/c1-13-6-7(5-10(14)15)11-8(12)3-2-4-9(11)13/h2-4,6H,5H2,1H3,(H,14,15). The highest BCUT2D eigenvalue weighted by molar-refractivity contribution is 9.10. The average Bonchev–Trinajstić information content (AvgIpc) is 2.44. The Morgan fingerprint density at radius 3 is 2.93 bits per heavy atom. The highest BCUT2D eigenvalue weighted by Gasteiger charge is 2.11. The van der Waals surface area contributed by atoms with Crippen LogP contribution >= 0.6 is 15.9 Å². The van der Waals surface area contributed by atoms with Crippen LogP contribution < -0.4 is 0 Å². The van der Waals surface area contributed by atoms with Gasteiger partial charge in [0.25, 0.3) is 0 Å². The summed E-state index contributed by atoms with van der Waals surface area (Å²) in [6.07, 6.45) is 1.92.